The molecule has 13 heavy (non-hydrogen) atoms. The van der Waals surface area contributed by atoms with Crippen molar-refractivity contribution in [2.75, 3.05) is 19.7 Å². The van der Waals surface area contributed by atoms with Gasteiger partial charge in [-0.05, 0) is 18.8 Å². The standard InChI is InChI=1S/C10H19NO2/c1-4-13-9(12)8-5-10(2,3)7-11-6-8/h8,11H,4-7H2,1-3H3. The molecule has 1 aliphatic heterocycles. The monoisotopic (exact) mass is 185 g/mol. The van der Waals surface area contributed by atoms with Crippen molar-refractivity contribution < 1.29 is 9.53 Å². The van der Waals surface area contributed by atoms with Gasteiger partial charge in [0.15, 0.2) is 0 Å². The molecule has 0 bridgehead atoms. The minimum atomic E-state index is -0.0530. The third-order valence-electron chi connectivity index (χ3n) is 2.41. The molecular weight excluding hydrogens is 166 g/mol. The average Bonchev–Trinajstić information content (AvgIpc) is 2.03. The number of hydrogen-bond acceptors (Lipinski definition) is 3. The van der Waals surface area contributed by atoms with Gasteiger partial charge in [-0.2, -0.15) is 0 Å². The van der Waals surface area contributed by atoms with Crippen molar-refractivity contribution in [1.82, 2.24) is 5.32 Å². The highest BCUT2D eigenvalue weighted by molar-refractivity contribution is 5.72. The number of rotatable bonds is 2. The summed E-state index contributed by atoms with van der Waals surface area (Å²) in [7, 11) is 0. The molecule has 3 nitrogen and oxygen atoms in total. The minimum absolute atomic E-state index is 0.0451. The van der Waals surface area contributed by atoms with Crippen LogP contribution in [0.3, 0.4) is 0 Å². The second-order valence-electron chi connectivity index (χ2n) is 4.45. The van der Waals surface area contributed by atoms with E-state index in [-0.39, 0.29) is 17.3 Å². The van der Waals surface area contributed by atoms with Gasteiger partial charge in [-0.15, -0.1) is 0 Å². The van der Waals surface area contributed by atoms with Gasteiger partial charge in [0, 0.05) is 13.1 Å². The van der Waals surface area contributed by atoms with E-state index in [1.54, 1.807) is 0 Å². The summed E-state index contributed by atoms with van der Waals surface area (Å²) in [6.07, 6.45) is 0.929. The molecule has 3 heteroatoms. The Labute approximate surface area is 79.8 Å². The first-order valence-electron chi connectivity index (χ1n) is 4.92. The van der Waals surface area contributed by atoms with E-state index in [2.05, 4.69) is 19.2 Å². The van der Waals surface area contributed by atoms with Gasteiger partial charge >= 0.3 is 5.97 Å². The molecule has 0 saturated carbocycles. The molecule has 0 radical (unpaired) electrons. The fourth-order valence-corrected chi connectivity index (χ4v) is 1.82. The Hall–Kier alpha value is -0.570. The normalized spacial score (nSPS) is 26.8. The van der Waals surface area contributed by atoms with Crippen molar-refractivity contribution in [3.8, 4) is 0 Å². The van der Waals surface area contributed by atoms with E-state index in [1.807, 2.05) is 6.92 Å². The van der Waals surface area contributed by atoms with E-state index >= 15 is 0 Å². The Bertz CT molecular complexity index is 189. The zero-order valence-electron chi connectivity index (χ0n) is 8.72. The maximum atomic E-state index is 11.4. The SMILES string of the molecule is CCOC(=O)C1CNCC(C)(C)C1. The predicted molar refractivity (Wildman–Crippen MR) is 51.4 cm³/mol. The van der Waals surface area contributed by atoms with Crippen LogP contribution in [0.1, 0.15) is 27.2 Å². The Kier molecular flexibility index (Phi) is 3.31. The third-order valence-corrected chi connectivity index (χ3v) is 2.41. The highest BCUT2D eigenvalue weighted by Gasteiger charge is 2.32. The van der Waals surface area contributed by atoms with Crippen LogP contribution in [0.15, 0.2) is 0 Å². The van der Waals surface area contributed by atoms with E-state index in [4.69, 9.17) is 4.74 Å². The van der Waals surface area contributed by atoms with E-state index < -0.39 is 0 Å². The molecule has 1 N–H and O–H groups in total. The Morgan fingerprint density at radius 1 is 1.62 bits per heavy atom. The molecule has 1 atom stereocenters. The summed E-state index contributed by atoms with van der Waals surface area (Å²) in [6.45, 7) is 8.43. The molecule has 0 aromatic carbocycles. The largest absolute Gasteiger partial charge is 0.466 e. The van der Waals surface area contributed by atoms with E-state index in [0.717, 1.165) is 19.5 Å². The molecule has 0 aliphatic carbocycles. The summed E-state index contributed by atoms with van der Waals surface area (Å²) in [5.74, 6) is -0.00789. The van der Waals surface area contributed by atoms with Gasteiger partial charge in [0.1, 0.15) is 0 Å². The maximum Gasteiger partial charge on any atom is 0.310 e. The van der Waals surface area contributed by atoms with Crippen LogP contribution in [0, 0.1) is 11.3 Å². The number of nitrogens with one attached hydrogen (secondary N) is 1. The predicted octanol–water partition coefficient (Wildman–Crippen LogP) is 1.19. The van der Waals surface area contributed by atoms with Gasteiger partial charge < -0.3 is 10.1 Å². The lowest BCUT2D eigenvalue weighted by molar-refractivity contribution is -0.149. The van der Waals surface area contributed by atoms with Crippen LogP contribution >= 0.6 is 0 Å². The second kappa shape index (κ2) is 4.09. The van der Waals surface area contributed by atoms with Gasteiger partial charge in [0.25, 0.3) is 0 Å². The summed E-state index contributed by atoms with van der Waals surface area (Å²) in [6, 6.07) is 0. The van der Waals surface area contributed by atoms with E-state index in [1.165, 1.54) is 0 Å². The summed E-state index contributed by atoms with van der Waals surface area (Å²) < 4.78 is 5.00. The smallest absolute Gasteiger partial charge is 0.310 e. The first-order valence-corrected chi connectivity index (χ1v) is 4.92. The summed E-state index contributed by atoms with van der Waals surface area (Å²) in [5, 5.41) is 3.26. The van der Waals surface area contributed by atoms with Crippen LogP contribution in [-0.2, 0) is 9.53 Å². The van der Waals surface area contributed by atoms with Crippen LogP contribution < -0.4 is 5.32 Å². The van der Waals surface area contributed by atoms with Crippen molar-refractivity contribution in [1.29, 1.82) is 0 Å². The van der Waals surface area contributed by atoms with Gasteiger partial charge in [-0.25, -0.2) is 0 Å². The quantitative estimate of drug-likeness (QED) is 0.657. The lowest BCUT2D eigenvalue weighted by Crippen LogP contribution is -2.44. The molecule has 0 aromatic heterocycles. The van der Waals surface area contributed by atoms with Crippen molar-refractivity contribution in [2.24, 2.45) is 11.3 Å². The Balaban J connectivity index is 2.47. The maximum absolute atomic E-state index is 11.4. The van der Waals surface area contributed by atoms with Crippen molar-refractivity contribution >= 4 is 5.97 Å². The number of esters is 1. The number of piperidine rings is 1. The van der Waals surface area contributed by atoms with Crippen molar-refractivity contribution in [2.45, 2.75) is 27.2 Å². The molecule has 1 saturated heterocycles. The zero-order chi connectivity index (χ0) is 9.90. The molecule has 0 spiro atoms. The molecular formula is C10H19NO2. The summed E-state index contributed by atoms with van der Waals surface area (Å²) in [5.41, 5.74) is 0.218. The molecule has 76 valence electrons. The first-order chi connectivity index (χ1) is 6.05. The van der Waals surface area contributed by atoms with Gasteiger partial charge in [0.05, 0.1) is 12.5 Å². The van der Waals surface area contributed by atoms with E-state index in [9.17, 15) is 4.79 Å². The van der Waals surface area contributed by atoms with Gasteiger partial charge in [-0.1, -0.05) is 13.8 Å². The lowest BCUT2D eigenvalue weighted by Gasteiger charge is -2.34. The molecule has 0 aromatic rings. The second-order valence-corrected chi connectivity index (χ2v) is 4.45. The summed E-state index contributed by atoms with van der Waals surface area (Å²) >= 11 is 0. The molecule has 1 unspecified atom stereocenters. The van der Waals surface area contributed by atoms with E-state index in [0.29, 0.717) is 6.61 Å². The molecule has 1 heterocycles. The minimum Gasteiger partial charge on any atom is -0.466 e. The van der Waals surface area contributed by atoms with Crippen LogP contribution in [0.4, 0.5) is 0 Å². The van der Waals surface area contributed by atoms with Gasteiger partial charge in [-0.3, -0.25) is 4.79 Å². The van der Waals surface area contributed by atoms with Crippen LogP contribution in [0.2, 0.25) is 0 Å². The first kappa shape index (κ1) is 10.5. The highest BCUT2D eigenvalue weighted by atomic mass is 16.5. The van der Waals surface area contributed by atoms with Crippen LogP contribution in [0.25, 0.3) is 0 Å². The van der Waals surface area contributed by atoms with Crippen LogP contribution in [0.5, 0.6) is 0 Å². The Morgan fingerprint density at radius 3 is 2.85 bits per heavy atom. The van der Waals surface area contributed by atoms with Gasteiger partial charge in [0.2, 0.25) is 0 Å². The number of hydrogen-bond donors (Lipinski definition) is 1. The molecule has 1 aliphatic rings. The highest BCUT2D eigenvalue weighted by Crippen LogP contribution is 2.28. The number of carbonyl (C=O) groups is 1. The number of ether oxygens (including phenoxy) is 1. The topological polar surface area (TPSA) is 38.3 Å². The zero-order valence-corrected chi connectivity index (χ0v) is 8.72. The third kappa shape index (κ3) is 2.99. The molecule has 1 rings (SSSR count). The number of carbonyl (C=O) groups excluding carboxylic acids is 1. The molecule has 1 fully saturated rings. The Morgan fingerprint density at radius 2 is 2.31 bits per heavy atom. The average molecular weight is 185 g/mol. The summed E-state index contributed by atoms with van der Waals surface area (Å²) in [4.78, 5) is 11.4. The molecule has 0 amide bonds. The van der Waals surface area contributed by atoms with Crippen molar-refractivity contribution in [3.63, 3.8) is 0 Å². The van der Waals surface area contributed by atoms with Crippen LogP contribution in [-0.4, -0.2) is 25.7 Å². The lowest BCUT2D eigenvalue weighted by atomic mass is 9.79. The fraction of sp³-hybridized carbons (Fsp3) is 0.900. The van der Waals surface area contributed by atoms with Crippen molar-refractivity contribution in [3.05, 3.63) is 0 Å². The fourth-order valence-electron chi connectivity index (χ4n) is 1.82.